The van der Waals surface area contributed by atoms with Crippen LogP contribution in [-0.2, 0) is 28.6 Å². The zero-order valence-electron chi connectivity index (χ0n) is 9.04. The molecule has 17 heavy (non-hydrogen) atoms. The van der Waals surface area contributed by atoms with E-state index in [1.54, 1.807) is 13.0 Å². The molecule has 2 fully saturated rings. The van der Waals surface area contributed by atoms with Gasteiger partial charge in [0.15, 0.2) is 5.60 Å². The Labute approximate surface area is 96.5 Å². The first-order valence-corrected chi connectivity index (χ1v) is 5.40. The SMILES string of the molecule is CCOC(=O)C12C=CC(O1)C1C(=O)OC(=O)C12. The van der Waals surface area contributed by atoms with Gasteiger partial charge in [0.2, 0.25) is 0 Å². The Morgan fingerprint density at radius 2 is 2.24 bits per heavy atom. The number of ether oxygens (including phenoxy) is 3. The number of cyclic esters (lactones) is 2. The third-order valence-corrected chi connectivity index (χ3v) is 3.36. The van der Waals surface area contributed by atoms with Crippen molar-refractivity contribution in [2.45, 2.75) is 18.6 Å². The highest BCUT2D eigenvalue weighted by molar-refractivity contribution is 6.03. The molecule has 0 aromatic rings. The van der Waals surface area contributed by atoms with Crippen LogP contribution in [0.25, 0.3) is 0 Å². The summed E-state index contributed by atoms with van der Waals surface area (Å²) in [6, 6.07) is 0. The van der Waals surface area contributed by atoms with Crippen molar-refractivity contribution in [1.82, 2.24) is 0 Å². The van der Waals surface area contributed by atoms with E-state index in [1.165, 1.54) is 6.08 Å². The number of carbonyl (C=O) groups excluding carboxylic acids is 3. The molecule has 4 unspecified atom stereocenters. The van der Waals surface area contributed by atoms with Crippen molar-refractivity contribution in [3.05, 3.63) is 12.2 Å². The maximum atomic E-state index is 11.9. The van der Waals surface area contributed by atoms with Crippen LogP contribution >= 0.6 is 0 Å². The van der Waals surface area contributed by atoms with Gasteiger partial charge in [-0.15, -0.1) is 0 Å². The first-order valence-electron chi connectivity index (χ1n) is 5.40. The lowest BCUT2D eigenvalue weighted by atomic mass is 9.77. The largest absolute Gasteiger partial charge is 0.464 e. The monoisotopic (exact) mass is 238 g/mol. The second-order valence-corrected chi connectivity index (χ2v) is 4.20. The number of hydrogen-bond acceptors (Lipinski definition) is 6. The predicted molar refractivity (Wildman–Crippen MR) is 51.5 cm³/mol. The average Bonchev–Trinajstić information content (AvgIpc) is 2.91. The van der Waals surface area contributed by atoms with E-state index in [2.05, 4.69) is 4.74 Å². The summed E-state index contributed by atoms with van der Waals surface area (Å²) in [7, 11) is 0. The summed E-state index contributed by atoms with van der Waals surface area (Å²) in [5.41, 5.74) is -1.46. The maximum absolute atomic E-state index is 11.9. The van der Waals surface area contributed by atoms with Gasteiger partial charge in [0.25, 0.3) is 0 Å². The second kappa shape index (κ2) is 3.16. The molecular formula is C11H10O6. The van der Waals surface area contributed by atoms with Gasteiger partial charge in [-0.1, -0.05) is 6.08 Å². The fourth-order valence-electron chi connectivity index (χ4n) is 2.68. The highest BCUT2D eigenvalue weighted by Crippen LogP contribution is 2.51. The van der Waals surface area contributed by atoms with E-state index in [1.807, 2.05) is 0 Å². The van der Waals surface area contributed by atoms with Crippen LogP contribution in [0.3, 0.4) is 0 Å². The Morgan fingerprint density at radius 1 is 1.47 bits per heavy atom. The molecule has 0 spiro atoms. The first-order chi connectivity index (χ1) is 8.10. The molecule has 6 heteroatoms. The Balaban J connectivity index is 2.02. The molecule has 0 saturated carbocycles. The molecule has 0 aromatic carbocycles. The lowest BCUT2D eigenvalue weighted by molar-refractivity contribution is -0.172. The van der Waals surface area contributed by atoms with Crippen LogP contribution in [0.1, 0.15) is 6.92 Å². The van der Waals surface area contributed by atoms with Gasteiger partial charge in [-0.2, -0.15) is 0 Å². The lowest BCUT2D eigenvalue weighted by Crippen LogP contribution is -2.46. The van der Waals surface area contributed by atoms with E-state index in [9.17, 15) is 14.4 Å². The van der Waals surface area contributed by atoms with Crippen molar-refractivity contribution in [2.75, 3.05) is 6.61 Å². The molecule has 90 valence electrons. The summed E-state index contributed by atoms with van der Waals surface area (Å²) >= 11 is 0. The van der Waals surface area contributed by atoms with Crippen LogP contribution in [0.2, 0.25) is 0 Å². The average molecular weight is 238 g/mol. The van der Waals surface area contributed by atoms with Crippen molar-refractivity contribution in [3.8, 4) is 0 Å². The Bertz CT molecular complexity index is 453. The van der Waals surface area contributed by atoms with Gasteiger partial charge in [-0.05, 0) is 13.0 Å². The van der Waals surface area contributed by atoms with Crippen LogP contribution < -0.4 is 0 Å². The zero-order valence-corrected chi connectivity index (χ0v) is 9.04. The van der Waals surface area contributed by atoms with Crippen molar-refractivity contribution in [1.29, 1.82) is 0 Å². The molecule has 3 heterocycles. The summed E-state index contributed by atoms with van der Waals surface area (Å²) in [4.78, 5) is 35.0. The van der Waals surface area contributed by atoms with E-state index >= 15 is 0 Å². The Kier molecular flexibility index (Phi) is 1.95. The molecule has 6 nitrogen and oxygen atoms in total. The van der Waals surface area contributed by atoms with Crippen molar-refractivity contribution < 1.29 is 28.6 Å². The normalized spacial score (nSPS) is 41.6. The van der Waals surface area contributed by atoms with E-state index in [0.29, 0.717) is 0 Å². The van der Waals surface area contributed by atoms with Crippen LogP contribution in [0.5, 0.6) is 0 Å². The topological polar surface area (TPSA) is 78.9 Å². The Morgan fingerprint density at radius 3 is 2.94 bits per heavy atom. The second-order valence-electron chi connectivity index (χ2n) is 4.20. The highest BCUT2D eigenvalue weighted by atomic mass is 16.6. The molecule has 0 aromatic heterocycles. The van der Waals surface area contributed by atoms with Gasteiger partial charge in [0, 0.05) is 0 Å². The van der Waals surface area contributed by atoms with Crippen LogP contribution in [-0.4, -0.2) is 36.2 Å². The lowest BCUT2D eigenvalue weighted by Gasteiger charge is -2.24. The minimum absolute atomic E-state index is 0.183. The summed E-state index contributed by atoms with van der Waals surface area (Å²) < 4.78 is 14.9. The number of hydrogen-bond donors (Lipinski definition) is 0. The van der Waals surface area contributed by atoms with Gasteiger partial charge >= 0.3 is 17.9 Å². The molecule has 0 amide bonds. The van der Waals surface area contributed by atoms with Gasteiger partial charge in [0.1, 0.15) is 11.8 Å². The minimum atomic E-state index is -1.46. The molecule has 3 aliphatic heterocycles. The molecular weight excluding hydrogens is 228 g/mol. The van der Waals surface area contributed by atoms with Crippen LogP contribution in [0.15, 0.2) is 12.2 Å². The van der Waals surface area contributed by atoms with Crippen molar-refractivity contribution in [2.24, 2.45) is 11.8 Å². The molecule has 3 aliphatic rings. The predicted octanol–water partition coefficient (Wildman–Crippen LogP) is -0.427. The number of fused-ring (bicyclic) bond motifs is 5. The van der Waals surface area contributed by atoms with E-state index < -0.39 is 41.4 Å². The zero-order chi connectivity index (χ0) is 12.2. The number of carbonyl (C=O) groups is 3. The van der Waals surface area contributed by atoms with Gasteiger partial charge in [-0.3, -0.25) is 9.59 Å². The molecule has 4 atom stereocenters. The Hall–Kier alpha value is -1.69. The third kappa shape index (κ3) is 1.10. The van der Waals surface area contributed by atoms with E-state index in [0.717, 1.165) is 0 Å². The molecule has 0 radical (unpaired) electrons. The number of esters is 3. The molecule has 3 rings (SSSR count). The quantitative estimate of drug-likeness (QED) is 0.369. The van der Waals surface area contributed by atoms with Gasteiger partial charge in [-0.25, -0.2) is 4.79 Å². The summed E-state index contributed by atoms with van der Waals surface area (Å²) in [5.74, 6) is -3.58. The molecule has 0 aliphatic carbocycles. The summed E-state index contributed by atoms with van der Waals surface area (Å²) in [6.45, 7) is 1.85. The van der Waals surface area contributed by atoms with Crippen LogP contribution in [0.4, 0.5) is 0 Å². The molecule has 2 saturated heterocycles. The van der Waals surface area contributed by atoms with E-state index in [4.69, 9.17) is 9.47 Å². The summed E-state index contributed by atoms with van der Waals surface area (Å²) in [5, 5.41) is 0. The standard InChI is InChI=1S/C11H10O6/c1-2-15-10(14)11-4-3-5(17-11)6-7(11)9(13)16-8(6)12/h3-7H,2H2,1H3. The van der Waals surface area contributed by atoms with Gasteiger partial charge in [0.05, 0.1) is 12.7 Å². The fraction of sp³-hybridized carbons (Fsp3) is 0.545. The highest BCUT2D eigenvalue weighted by Gasteiger charge is 2.70. The molecule has 0 N–H and O–H groups in total. The first kappa shape index (κ1) is 10.5. The van der Waals surface area contributed by atoms with Crippen molar-refractivity contribution in [3.63, 3.8) is 0 Å². The third-order valence-electron chi connectivity index (χ3n) is 3.36. The van der Waals surface area contributed by atoms with Crippen LogP contribution in [0, 0.1) is 11.8 Å². The summed E-state index contributed by atoms with van der Waals surface area (Å²) in [6.07, 6.45) is 2.54. The minimum Gasteiger partial charge on any atom is -0.464 e. The number of rotatable bonds is 2. The maximum Gasteiger partial charge on any atom is 0.343 e. The molecule has 2 bridgehead atoms. The van der Waals surface area contributed by atoms with Gasteiger partial charge < -0.3 is 14.2 Å². The van der Waals surface area contributed by atoms with E-state index in [-0.39, 0.29) is 6.61 Å². The smallest absolute Gasteiger partial charge is 0.343 e. The fourth-order valence-corrected chi connectivity index (χ4v) is 2.68. The van der Waals surface area contributed by atoms with Crippen molar-refractivity contribution >= 4 is 17.9 Å².